The summed E-state index contributed by atoms with van der Waals surface area (Å²) < 4.78 is 32.5. The zero-order valence-corrected chi connectivity index (χ0v) is 12.3. The summed E-state index contributed by atoms with van der Waals surface area (Å²) in [6.07, 6.45) is 6.44. The SMILES string of the molecule is O=S(=O)(NC1CCCCC1)c1ccc(-c2nnco2)cc1. The van der Waals surface area contributed by atoms with Crippen LogP contribution in [0.3, 0.4) is 0 Å². The highest BCUT2D eigenvalue weighted by Gasteiger charge is 2.21. The summed E-state index contributed by atoms with van der Waals surface area (Å²) in [4.78, 5) is 0.260. The van der Waals surface area contributed by atoms with Crippen molar-refractivity contribution in [3.8, 4) is 11.5 Å². The third-order valence-electron chi connectivity index (χ3n) is 3.70. The average molecular weight is 307 g/mol. The summed E-state index contributed by atoms with van der Waals surface area (Å²) in [5.74, 6) is 0.374. The lowest BCUT2D eigenvalue weighted by Gasteiger charge is -2.22. The van der Waals surface area contributed by atoms with E-state index in [2.05, 4.69) is 14.9 Å². The van der Waals surface area contributed by atoms with Gasteiger partial charge in [0.2, 0.25) is 22.3 Å². The molecule has 1 saturated carbocycles. The predicted octanol–water partition coefficient (Wildman–Crippen LogP) is 2.35. The van der Waals surface area contributed by atoms with E-state index in [-0.39, 0.29) is 10.9 Å². The zero-order chi connectivity index (χ0) is 14.7. The van der Waals surface area contributed by atoms with E-state index in [9.17, 15) is 8.42 Å². The Hall–Kier alpha value is -1.73. The van der Waals surface area contributed by atoms with Crippen LogP contribution in [-0.2, 0) is 10.0 Å². The molecule has 6 nitrogen and oxygen atoms in total. The number of benzene rings is 1. The Labute approximate surface area is 123 Å². The third-order valence-corrected chi connectivity index (χ3v) is 5.23. The molecule has 0 spiro atoms. The second-order valence-corrected chi connectivity index (χ2v) is 6.94. The van der Waals surface area contributed by atoms with Crippen LogP contribution in [0, 0.1) is 0 Å². The molecule has 1 aromatic carbocycles. The molecular formula is C14H17N3O3S. The molecule has 112 valence electrons. The molecular weight excluding hydrogens is 290 g/mol. The summed E-state index contributed by atoms with van der Waals surface area (Å²) >= 11 is 0. The molecule has 1 fully saturated rings. The minimum absolute atomic E-state index is 0.0550. The summed E-state index contributed by atoms with van der Waals surface area (Å²) in [7, 11) is -3.46. The van der Waals surface area contributed by atoms with Gasteiger partial charge in [0.15, 0.2) is 0 Å². The summed E-state index contributed by atoms with van der Waals surface area (Å²) in [5, 5.41) is 7.39. The minimum Gasteiger partial charge on any atom is -0.423 e. The van der Waals surface area contributed by atoms with Crippen LogP contribution in [0.1, 0.15) is 32.1 Å². The molecule has 1 aromatic heterocycles. The number of nitrogens with zero attached hydrogens (tertiary/aromatic N) is 2. The van der Waals surface area contributed by atoms with Gasteiger partial charge < -0.3 is 4.42 Å². The van der Waals surface area contributed by atoms with Crippen molar-refractivity contribution in [2.75, 3.05) is 0 Å². The Morgan fingerprint density at radius 3 is 2.43 bits per heavy atom. The number of aromatic nitrogens is 2. The average Bonchev–Trinajstić information content (AvgIpc) is 3.02. The molecule has 0 bridgehead atoms. The number of sulfonamides is 1. The number of hydrogen-bond donors (Lipinski definition) is 1. The molecule has 3 rings (SSSR count). The van der Waals surface area contributed by atoms with E-state index < -0.39 is 10.0 Å². The standard InChI is InChI=1S/C14H17N3O3S/c18-21(19,17-12-4-2-1-3-5-12)13-8-6-11(7-9-13)14-16-15-10-20-14/h6-10,12,17H,1-5H2. The van der Waals surface area contributed by atoms with Gasteiger partial charge in [-0.3, -0.25) is 0 Å². The quantitative estimate of drug-likeness (QED) is 0.937. The smallest absolute Gasteiger partial charge is 0.247 e. The van der Waals surface area contributed by atoms with E-state index in [1.165, 1.54) is 12.8 Å². The minimum atomic E-state index is -3.46. The fourth-order valence-electron chi connectivity index (χ4n) is 2.58. The molecule has 0 unspecified atom stereocenters. The molecule has 1 heterocycles. The maximum Gasteiger partial charge on any atom is 0.247 e. The molecule has 1 aliphatic rings. The topological polar surface area (TPSA) is 85.1 Å². The van der Waals surface area contributed by atoms with E-state index in [1.807, 2.05) is 0 Å². The van der Waals surface area contributed by atoms with Gasteiger partial charge in [-0.15, -0.1) is 10.2 Å². The van der Waals surface area contributed by atoms with Crippen LogP contribution < -0.4 is 4.72 Å². The molecule has 0 radical (unpaired) electrons. The van der Waals surface area contributed by atoms with Crippen molar-refractivity contribution in [3.05, 3.63) is 30.7 Å². The maximum atomic E-state index is 12.3. The zero-order valence-electron chi connectivity index (χ0n) is 11.5. The summed E-state index contributed by atoms with van der Waals surface area (Å²) in [5.41, 5.74) is 0.698. The van der Waals surface area contributed by atoms with Crippen molar-refractivity contribution in [2.45, 2.75) is 43.0 Å². The first kappa shape index (κ1) is 14.2. The highest BCUT2D eigenvalue weighted by atomic mass is 32.2. The lowest BCUT2D eigenvalue weighted by atomic mass is 9.96. The summed E-state index contributed by atoms with van der Waals surface area (Å²) in [6, 6.07) is 6.51. The first-order valence-electron chi connectivity index (χ1n) is 7.04. The van der Waals surface area contributed by atoms with Crippen LogP contribution in [-0.4, -0.2) is 24.7 Å². The first-order chi connectivity index (χ1) is 10.1. The normalized spacial score (nSPS) is 17.0. The Morgan fingerprint density at radius 1 is 1.10 bits per heavy atom. The van der Waals surface area contributed by atoms with Gasteiger partial charge in [-0.2, -0.15) is 0 Å². The molecule has 7 heteroatoms. The Kier molecular flexibility index (Phi) is 4.03. The van der Waals surface area contributed by atoms with Crippen molar-refractivity contribution in [1.82, 2.24) is 14.9 Å². The first-order valence-corrected chi connectivity index (χ1v) is 8.52. The second kappa shape index (κ2) is 5.95. The van der Waals surface area contributed by atoms with Crippen molar-refractivity contribution in [2.24, 2.45) is 0 Å². The molecule has 1 aliphatic carbocycles. The molecule has 0 aliphatic heterocycles. The van der Waals surface area contributed by atoms with Gasteiger partial charge in [-0.25, -0.2) is 13.1 Å². The van der Waals surface area contributed by atoms with Crippen LogP contribution in [0.2, 0.25) is 0 Å². The van der Waals surface area contributed by atoms with Gasteiger partial charge in [0.05, 0.1) is 4.90 Å². The monoisotopic (exact) mass is 307 g/mol. The fraction of sp³-hybridized carbons (Fsp3) is 0.429. The number of rotatable bonds is 4. The van der Waals surface area contributed by atoms with Crippen LogP contribution in [0.4, 0.5) is 0 Å². The van der Waals surface area contributed by atoms with E-state index in [1.54, 1.807) is 24.3 Å². The lowest BCUT2D eigenvalue weighted by Crippen LogP contribution is -2.36. The Bertz CT molecular complexity index is 675. The van der Waals surface area contributed by atoms with Gasteiger partial charge in [0, 0.05) is 11.6 Å². The van der Waals surface area contributed by atoms with E-state index in [4.69, 9.17) is 4.42 Å². The summed E-state index contributed by atoms with van der Waals surface area (Å²) in [6.45, 7) is 0. The largest absolute Gasteiger partial charge is 0.423 e. The lowest BCUT2D eigenvalue weighted by molar-refractivity contribution is 0.412. The second-order valence-electron chi connectivity index (χ2n) is 5.22. The molecule has 2 aromatic rings. The predicted molar refractivity (Wildman–Crippen MR) is 76.9 cm³/mol. The van der Waals surface area contributed by atoms with Gasteiger partial charge >= 0.3 is 0 Å². The maximum absolute atomic E-state index is 12.3. The Morgan fingerprint density at radius 2 is 1.81 bits per heavy atom. The van der Waals surface area contributed by atoms with Crippen LogP contribution >= 0.6 is 0 Å². The number of hydrogen-bond acceptors (Lipinski definition) is 5. The highest BCUT2D eigenvalue weighted by Crippen LogP contribution is 2.22. The Balaban J connectivity index is 1.76. The highest BCUT2D eigenvalue weighted by molar-refractivity contribution is 7.89. The van der Waals surface area contributed by atoms with Crippen molar-refractivity contribution in [1.29, 1.82) is 0 Å². The third kappa shape index (κ3) is 3.30. The van der Waals surface area contributed by atoms with E-state index in [0.29, 0.717) is 11.5 Å². The van der Waals surface area contributed by atoms with Crippen molar-refractivity contribution >= 4 is 10.0 Å². The number of nitrogens with one attached hydrogen (secondary N) is 1. The van der Waals surface area contributed by atoms with Crippen LogP contribution in [0.25, 0.3) is 11.5 Å². The molecule has 1 N–H and O–H groups in total. The van der Waals surface area contributed by atoms with Crippen molar-refractivity contribution in [3.63, 3.8) is 0 Å². The van der Waals surface area contributed by atoms with Crippen LogP contribution in [0.5, 0.6) is 0 Å². The van der Waals surface area contributed by atoms with Gasteiger partial charge in [0.25, 0.3) is 0 Å². The molecule has 21 heavy (non-hydrogen) atoms. The molecule has 0 atom stereocenters. The van der Waals surface area contributed by atoms with Gasteiger partial charge in [0.1, 0.15) is 0 Å². The van der Waals surface area contributed by atoms with Gasteiger partial charge in [-0.05, 0) is 37.1 Å². The van der Waals surface area contributed by atoms with Gasteiger partial charge in [-0.1, -0.05) is 19.3 Å². The fourth-order valence-corrected chi connectivity index (χ4v) is 3.89. The molecule has 0 saturated heterocycles. The molecule has 0 amide bonds. The van der Waals surface area contributed by atoms with Crippen molar-refractivity contribution < 1.29 is 12.8 Å². The van der Waals surface area contributed by atoms with Crippen LogP contribution in [0.15, 0.2) is 40.0 Å². The van der Waals surface area contributed by atoms with E-state index >= 15 is 0 Å². The van der Waals surface area contributed by atoms with E-state index in [0.717, 1.165) is 25.7 Å².